The van der Waals surface area contributed by atoms with Gasteiger partial charge < -0.3 is 14.4 Å². The fourth-order valence-corrected chi connectivity index (χ4v) is 1.90. The molecule has 0 spiro atoms. The van der Waals surface area contributed by atoms with Crippen LogP contribution in [-0.4, -0.2) is 67.2 Å². The first-order valence-corrected chi connectivity index (χ1v) is 6.68. The minimum absolute atomic E-state index is 0.276. The molecule has 5 heteroatoms. The summed E-state index contributed by atoms with van der Waals surface area (Å²) in [5.74, 6) is 0.447. The molecule has 2 atom stereocenters. The van der Waals surface area contributed by atoms with Crippen molar-refractivity contribution in [1.82, 2.24) is 4.90 Å². The topological polar surface area (TPSA) is 21.7 Å². The minimum Gasteiger partial charge on any atom is -0.382 e. The molecule has 0 N–H and O–H groups in total. The zero-order chi connectivity index (χ0) is 14.2. The van der Waals surface area contributed by atoms with Gasteiger partial charge in [-0.2, -0.15) is 0 Å². The second-order valence-corrected chi connectivity index (χ2v) is 5.51. The van der Waals surface area contributed by atoms with Gasteiger partial charge >= 0.3 is 0 Å². The molecule has 3 nitrogen and oxygen atoms in total. The van der Waals surface area contributed by atoms with Gasteiger partial charge in [-0.3, -0.25) is 0 Å². The lowest BCUT2D eigenvalue weighted by atomic mass is 9.53. The van der Waals surface area contributed by atoms with E-state index in [-0.39, 0.29) is 6.10 Å². The average molecular weight is 251 g/mol. The molecule has 18 heavy (non-hydrogen) atoms. The first-order valence-electron chi connectivity index (χ1n) is 6.68. The van der Waals surface area contributed by atoms with Crippen LogP contribution in [0, 0.1) is 5.92 Å². The Hall–Kier alpha value is 0.00987. The second-order valence-electron chi connectivity index (χ2n) is 5.51. The van der Waals surface area contributed by atoms with Crippen molar-refractivity contribution in [2.45, 2.75) is 38.5 Å². The summed E-state index contributed by atoms with van der Waals surface area (Å²) in [7, 11) is 15.5. The van der Waals surface area contributed by atoms with Crippen molar-refractivity contribution in [2.24, 2.45) is 5.92 Å². The van der Waals surface area contributed by atoms with Gasteiger partial charge in [0.1, 0.15) is 0 Å². The van der Waals surface area contributed by atoms with Crippen molar-refractivity contribution in [1.29, 1.82) is 0 Å². The number of methoxy groups -OCH3 is 1. The maximum atomic E-state index is 5.86. The molecule has 0 amide bonds. The number of rotatable bonds is 10. The molecule has 2 unspecified atom stereocenters. The molecular weight excluding hydrogens is 224 g/mol. The molecule has 102 valence electrons. The fourth-order valence-electron chi connectivity index (χ4n) is 1.90. The van der Waals surface area contributed by atoms with Crippen LogP contribution >= 0.6 is 0 Å². The van der Waals surface area contributed by atoms with E-state index in [1.807, 2.05) is 0 Å². The normalized spacial score (nSPS) is 15.9. The van der Waals surface area contributed by atoms with Crippen molar-refractivity contribution < 1.29 is 9.47 Å². The Morgan fingerprint density at radius 1 is 1.28 bits per heavy atom. The van der Waals surface area contributed by atoms with Crippen LogP contribution in [0.2, 0.25) is 5.21 Å². The molecule has 0 heterocycles. The molecule has 0 aliphatic carbocycles. The van der Waals surface area contributed by atoms with E-state index in [0.717, 1.165) is 13.1 Å². The lowest BCUT2D eigenvalue weighted by molar-refractivity contribution is -0.0255. The minimum atomic E-state index is -0.870. The highest BCUT2D eigenvalue weighted by Gasteiger charge is 2.25. The molecule has 0 aliphatic heterocycles. The van der Waals surface area contributed by atoms with Crippen LogP contribution in [0.4, 0.5) is 0 Å². The van der Waals surface area contributed by atoms with E-state index in [9.17, 15) is 0 Å². The quantitative estimate of drug-likeness (QED) is 0.549. The largest absolute Gasteiger partial charge is 0.382 e. The van der Waals surface area contributed by atoms with E-state index < -0.39 is 5.21 Å². The van der Waals surface area contributed by atoms with Crippen molar-refractivity contribution in [3.05, 3.63) is 0 Å². The molecule has 0 saturated carbocycles. The number of ether oxygens (including phenoxy) is 2. The van der Waals surface area contributed by atoms with E-state index in [1.165, 1.54) is 6.42 Å². The summed E-state index contributed by atoms with van der Waals surface area (Å²) in [5.41, 5.74) is 0. The molecule has 0 rings (SSSR count). The second kappa shape index (κ2) is 9.00. The van der Waals surface area contributed by atoms with E-state index in [4.69, 9.17) is 25.2 Å². The highest BCUT2D eigenvalue weighted by atomic mass is 16.5. The first-order chi connectivity index (χ1) is 8.31. The summed E-state index contributed by atoms with van der Waals surface area (Å²) >= 11 is 0. The van der Waals surface area contributed by atoms with Gasteiger partial charge in [-0.1, -0.05) is 26.0 Å². The molecule has 4 radical (unpaired) electrons. The molecule has 0 aromatic rings. The lowest BCUT2D eigenvalue weighted by Crippen LogP contribution is -2.36. The van der Waals surface area contributed by atoms with Crippen LogP contribution in [0.3, 0.4) is 0 Å². The van der Waals surface area contributed by atoms with Crippen LogP contribution < -0.4 is 0 Å². The zero-order valence-corrected chi connectivity index (χ0v) is 12.6. The van der Waals surface area contributed by atoms with Gasteiger partial charge in [0.25, 0.3) is 0 Å². The summed E-state index contributed by atoms with van der Waals surface area (Å²) in [4.78, 5) is 2.31. The Labute approximate surface area is 115 Å². The fraction of sp³-hybridized carbons (Fsp3) is 1.00. The van der Waals surface area contributed by atoms with E-state index in [1.54, 1.807) is 14.0 Å². The van der Waals surface area contributed by atoms with Crippen LogP contribution in [-0.2, 0) is 9.47 Å². The van der Waals surface area contributed by atoms with Gasteiger partial charge in [-0.15, -0.1) is 0 Å². The maximum absolute atomic E-state index is 5.86. The lowest BCUT2D eigenvalue weighted by Gasteiger charge is -2.32. The third kappa shape index (κ3) is 8.17. The third-order valence-electron chi connectivity index (χ3n) is 2.82. The monoisotopic (exact) mass is 251 g/mol. The van der Waals surface area contributed by atoms with Crippen LogP contribution in [0.5, 0.6) is 0 Å². The Morgan fingerprint density at radius 3 is 2.33 bits per heavy atom. The van der Waals surface area contributed by atoms with E-state index >= 15 is 0 Å². The van der Waals surface area contributed by atoms with E-state index in [2.05, 4.69) is 25.8 Å². The maximum Gasteiger partial charge on any atom is 0.0715 e. The van der Waals surface area contributed by atoms with Crippen LogP contribution in [0.25, 0.3) is 0 Å². The Morgan fingerprint density at radius 2 is 1.89 bits per heavy atom. The van der Waals surface area contributed by atoms with Gasteiger partial charge in [-0.25, -0.2) is 0 Å². The predicted octanol–water partition coefficient (Wildman–Crippen LogP) is 1.47. The molecule has 0 saturated heterocycles. The van der Waals surface area contributed by atoms with Crippen molar-refractivity contribution >= 4 is 15.7 Å². The van der Waals surface area contributed by atoms with Crippen LogP contribution in [0.15, 0.2) is 0 Å². The number of nitrogens with zero attached hydrogens (tertiary/aromatic N) is 1. The highest BCUT2D eigenvalue weighted by molar-refractivity contribution is 6.40. The predicted molar refractivity (Wildman–Crippen MR) is 78.4 cm³/mol. The standard InChI is InChI=1S/C13H27B2NO2/c1-6-7-16(4)8-11(2)9-18-12(10-17-5)13(3,14)15/h11-12H,6-10H2,1-5H3. The van der Waals surface area contributed by atoms with Gasteiger partial charge in [0.15, 0.2) is 0 Å². The summed E-state index contributed by atoms with van der Waals surface area (Å²) in [6.07, 6.45) is 0.890. The Balaban J connectivity index is 4.03. The van der Waals surface area contributed by atoms with Gasteiger partial charge in [0.05, 0.1) is 35.0 Å². The van der Waals surface area contributed by atoms with E-state index in [0.29, 0.717) is 19.1 Å². The highest BCUT2D eigenvalue weighted by Crippen LogP contribution is 2.23. The smallest absolute Gasteiger partial charge is 0.0715 e. The Kier molecular flexibility index (Phi) is 9.00. The van der Waals surface area contributed by atoms with Crippen LogP contribution in [0.1, 0.15) is 27.2 Å². The van der Waals surface area contributed by atoms with Gasteiger partial charge in [0.2, 0.25) is 0 Å². The zero-order valence-electron chi connectivity index (χ0n) is 12.6. The molecule has 0 aliphatic rings. The van der Waals surface area contributed by atoms with Gasteiger partial charge in [0, 0.05) is 13.7 Å². The average Bonchev–Trinajstić information content (AvgIpc) is 2.22. The van der Waals surface area contributed by atoms with Gasteiger partial charge in [-0.05, 0) is 25.9 Å². The number of hydrogen-bond acceptors (Lipinski definition) is 3. The first kappa shape index (κ1) is 18.0. The third-order valence-corrected chi connectivity index (χ3v) is 2.82. The molecular formula is C13H27B2NO2. The van der Waals surface area contributed by atoms with Crippen molar-refractivity contribution in [3.63, 3.8) is 0 Å². The number of hydrogen-bond donors (Lipinski definition) is 0. The Bertz CT molecular complexity index is 210. The summed E-state index contributed by atoms with van der Waals surface area (Å²) in [6.45, 7) is 9.29. The summed E-state index contributed by atoms with van der Waals surface area (Å²) in [6, 6.07) is 0. The SMILES string of the molecule is [B]C([B])(C)C(COC)OCC(C)CN(C)CCC. The van der Waals surface area contributed by atoms with Crippen molar-refractivity contribution in [3.8, 4) is 0 Å². The molecule has 0 bridgehead atoms. The summed E-state index contributed by atoms with van der Waals surface area (Å²) in [5, 5.41) is -0.870. The van der Waals surface area contributed by atoms with Crippen molar-refractivity contribution in [2.75, 3.05) is 40.5 Å². The summed E-state index contributed by atoms with van der Waals surface area (Å²) < 4.78 is 10.9. The molecule has 0 aromatic carbocycles. The molecule has 0 fully saturated rings. The molecule has 0 aromatic heterocycles.